The van der Waals surface area contributed by atoms with Gasteiger partial charge in [-0.2, -0.15) is 0 Å². The van der Waals surface area contributed by atoms with E-state index in [-0.39, 0.29) is 18.0 Å². The number of carboxylic acid groups (broad SMARTS) is 1. The van der Waals surface area contributed by atoms with Gasteiger partial charge in [-0.05, 0) is 18.2 Å². The van der Waals surface area contributed by atoms with Crippen LogP contribution < -0.4 is 4.74 Å². The molecule has 0 aliphatic heterocycles. The van der Waals surface area contributed by atoms with Crippen molar-refractivity contribution in [2.75, 3.05) is 7.11 Å². The fourth-order valence-corrected chi connectivity index (χ4v) is 1.45. The first-order chi connectivity index (χ1) is 7.22. The van der Waals surface area contributed by atoms with Crippen molar-refractivity contribution in [3.8, 4) is 5.75 Å². The molecule has 2 aromatic rings. The number of pyridine rings is 1. The van der Waals surface area contributed by atoms with Gasteiger partial charge in [0, 0.05) is 11.6 Å². The zero-order chi connectivity index (χ0) is 10.8. The van der Waals surface area contributed by atoms with Gasteiger partial charge < -0.3 is 9.84 Å². The van der Waals surface area contributed by atoms with Crippen LogP contribution in [-0.4, -0.2) is 23.2 Å². The van der Waals surface area contributed by atoms with Gasteiger partial charge in [-0.3, -0.25) is 4.98 Å². The van der Waals surface area contributed by atoms with Gasteiger partial charge in [0.15, 0.2) is 0 Å². The lowest BCUT2D eigenvalue weighted by molar-refractivity contribution is 0.0698. The number of aromatic nitrogens is 1. The Bertz CT molecular complexity index is 528. The molecule has 0 spiro atoms. The Morgan fingerprint density at radius 2 is 2.19 bits per heavy atom. The van der Waals surface area contributed by atoms with E-state index in [2.05, 4.69) is 4.98 Å². The van der Waals surface area contributed by atoms with E-state index in [9.17, 15) is 4.79 Å². The number of carboxylic acids is 1. The van der Waals surface area contributed by atoms with Crippen LogP contribution in [0.15, 0.2) is 30.5 Å². The number of ether oxygens (including phenoxy) is 1. The summed E-state index contributed by atoms with van der Waals surface area (Å²) in [6.45, 7) is 0. The van der Waals surface area contributed by atoms with Crippen LogP contribution in [0.1, 0.15) is 10.4 Å². The third-order valence-electron chi connectivity index (χ3n) is 2.14. The topological polar surface area (TPSA) is 59.4 Å². The van der Waals surface area contributed by atoms with Crippen molar-refractivity contribution in [3.63, 3.8) is 0 Å². The Kier molecular flexibility index (Phi) is 3.68. The zero-order valence-corrected chi connectivity index (χ0v) is 9.32. The van der Waals surface area contributed by atoms with Crippen LogP contribution in [0.25, 0.3) is 10.9 Å². The molecule has 0 amide bonds. The molecule has 0 aliphatic carbocycles. The van der Waals surface area contributed by atoms with Crippen LogP contribution in [0.5, 0.6) is 5.75 Å². The van der Waals surface area contributed by atoms with Crippen molar-refractivity contribution in [2.24, 2.45) is 0 Å². The summed E-state index contributed by atoms with van der Waals surface area (Å²) < 4.78 is 5.02. The molecule has 16 heavy (non-hydrogen) atoms. The van der Waals surface area contributed by atoms with Crippen molar-refractivity contribution in [2.45, 2.75) is 0 Å². The van der Waals surface area contributed by atoms with Crippen molar-refractivity contribution < 1.29 is 14.6 Å². The molecule has 0 saturated carbocycles. The van der Waals surface area contributed by atoms with Gasteiger partial charge >= 0.3 is 5.97 Å². The number of hydrogen-bond donors (Lipinski definition) is 1. The first-order valence-electron chi connectivity index (χ1n) is 4.38. The molecule has 0 atom stereocenters. The minimum absolute atomic E-state index is 0. The average molecular weight is 240 g/mol. The van der Waals surface area contributed by atoms with Gasteiger partial charge in [0.2, 0.25) is 0 Å². The maximum atomic E-state index is 11.0. The predicted octanol–water partition coefficient (Wildman–Crippen LogP) is 2.36. The molecule has 1 aromatic heterocycles. The summed E-state index contributed by atoms with van der Waals surface area (Å²) in [4.78, 5) is 15.0. The van der Waals surface area contributed by atoms with Crippen molar-refractivity contribution in [1.82, 2.24) is 4.98 Å². The molecule has 1 N–H and O–H groups in total. The molecule has 84 valence electrons. The predicted molar refractivity (Wildman–Crippen MR) is 62.5 cm³/mol. The van der Waals surface area contributed by atoms with E-state index in [1.165, 1.54) is 13.2 Å². The van der Waals surface area contributed by atoms with Gasteiger partial charge in [0.1, 0.15) is 5.75 Å². The van der Waals surface area contributed by atoms with E-state index < -0.39 is 5.97 Å². The highest BCUT2D eigenvalue weighted by molar-refractivity contribution is 6.02. The van der Waals surface area contributed by atoms with Gasteiger partial charge in [-0.15, -0.1) is 12.4 Å². The fraction of sp³-hybridized carbons (Fsp3) is 0.0909. The van der Waals surface area contributed by atoms with Gasteiger partial charge in [-0.1, -0.05) is 6.07 Å². The molecule has 1 aromatic carbocycles. The summed E-state index contributed by atoms with van der Waals surface area (Å²) in [7, 11) is 1.50. The Balaban J connectivity index is 0.00000128. The molecule has 4 nitrogen and oxygen atoms in total. The fourth-order valence-electron chi connectivity index (χ4n) is 1.45. The third-order valence-corrected chi connectivity index (χ3v) is 2.14. The Morgan fingerprint density at radius 3 is 2.81 bits per heavy atom. The first-order valence-corrected chi connectivity index (χ1v) is 4.38. The number of carbonyl (C=O) groups is 1. The molecule has 0 saturated heterocycles. The summed E-state index contributed by atoms with van der Waals surface area (Å²) in [6, 6.07) is 6.79. The summed E-state index contributed by atoms with van der Waals surface area (Å²) >= 11 is 0. The first kappa shape index (κ1) is 12.3. The SMILES string of the molecule is COc1cc(C(=O)O)c2ncccc2c1.Cl. The summed E-state index contributed by atoms with van der Waals surface area (Å²) in [5, 5.41) is 9.77. The van der Waals surface area contributed by atoms with E-state index in [1.807, 2.05) is 0 Å². The molecule has 0 unspecified atom stereocenters. The minimum Gasteiger partial charge on any atom is -0.497 e. The van der Waals surface area contributed by atoms with Crippen LogP contribution in [0.2, 0.25) is 0 Å². The number of rotatable bonds is 2. The van der Waals surface area contributed by atoms with E-state index in [0.29, 0.717) is 11.3 Å². The van der Waals surface area contributed by atoms with Crippen molar-refractivity contribution in [3.05, 3.63) is 36.0 Å². The Labute approximate surface area is 98.3 Å². The molecule has 1 heterocycles. The molecular weight excluding hydrogens is 230 g/mol. The maximum absolute atomic E-state index is 11.0. The Hall–Kier alpha value is -1.81. The van der Waals surface area contributed by atoms with Crippen molar-refractivity contribution >= 4 is 29.3 Å². The number of nitrogens with zero attached hydrogens (tertiary/aromatic N) is 1. The molecule has 2 rings (SSSR count). The van der Waals surface area contributed by atoms with Crippen LogP contribution in [0.4, 0.5) is 0 Å². The zero-order valence-electron chi connectivity index (χ0n) is 8.51. The average Bonchev–Trinajstić information content (AvgIpc) is 2.27. The molecule has 0 bridgehead atoms. The highest BCUT2D eigenvalue weighted by Gasteiger charge is 2.11. The highest BCUT2D eigenvalue weighted by Crippen LogP contribution is 2.23. The summed E-state index contributed by atoms with van der Waals surface area (Å²) in [5.74, 6) is -0.481. The largest absolute Gasteiger partial charge is 0.497 e. The molecular formula is C11H10ClNO3. The number of hydrogen-bond acceptors (Lipinski definition) is 3. The van der Waals surface area contributed by atoms with Crippen LogP contribution >= 0.6 is 12.4 Å². The number of fused-ring (bicyclic) bond motifs is 1. The standard InChI is InChI=1S/C11H9NO3.ClH/c1-15-8-5-7-3-2-4-12-10(7)9(6-8)11(13)14;/h2-6H,1H3,(H,13,14);1H. The van der Waals surface area contributed by atoms with E-state index in [4.69, 9.17) is 9.84 Å². The number of benzene rings is 1. The Morgan fingerprint density at radius 1 is 1.44 bits per heavy atom. The van der Waals surface area contributed by atoms with E-state index in [1.54, 1.807) is 24.4 Å². The summed E-state index contributed by atoms with van der Waals surface area (Å²) in [6.07, 6.45) is 1.57. The molecule has 0 aliphatic rings. The number of aromatic carboxylic acids is 1. The van der Waals surface area contributed by atoms with Crippen LogP contribution in [0, 0.1) is 0 Å². The van der Waals surface area contributed by atoms with Gasteiger partial charge in [0.05, 0.1) is 18.2 Å². The van der Waals surface area contributed by atoms with Crippen LogP contribution in [0.3, 0.4) is 0 Å². The minimum atomic E-state index is -1.00. The third kappa shape index (κ3) is 2.06. The normalized spacial score (nSPS) is 9.56. The van der Waals surface area contributed by atoms with Gasteiger partial charge in [0.25, 0.3) is 0 Å². The molecule has 5 heteroatoms. The second-order valence-electron chi connectivity index (χ2n) is 3.06. The lowest BCUT2D eigenvalue weighted by Gasteiger charge is -2.05. The maximum Gasteiger partial charge on any atom is 0.338 e. The quantitative estimate of drug-likeness (QED) is 0.874. The lowest BCUT2D eigenvalue weighted by atomic mass is 10.1. The van der Waals surface area contributed by atoms with E-state index >= 15 is 0 Å². The summed E-state index contributed by atoms with van der Waals surface area (Å²) in [5.41, 5.74) is 0.635. The lowest BCUT2D eigenvalue weighted by Crippen LogP contribution is -1.99. The smallest absolute Gasteiger partial charge is 0.338 e. The molecule has 0 radical (unpaired) electrons. The van der Waals surface area contributed by atoms with Gasteiger partial charge in [-0.25, -0.2) is 4.79 Å². The van der Waals surface area contributed by atoms with E-state index in [0.717, 1.165) is 5.39 Å². The van der Waals surface area contributed by atoms with Crippen LogP contribution in [-0.2, 0) is 0 Å². The number of halogens is 1. The monoisotopic (exact) mass is 239 g/mol. The molecule has 0 fully saturated rings. The van der Waals surface area contributed by atoms with Crippen molar-refractivity contribution in [1.29, 1.82) is 0 Å². The second-order valence-corrected chi connectivity index (χ2v) is 3.06. The number of methoxy groups -OCH3 is 1. The second kappa shape index (κ2) is 4.81. The highest BCUT2D eigenvalue weighted by atomic mass is 35.5.